The molecule has 1 saturated carbocycles. The Hall–Kier alpha value is -0.0800. The van der Waals surface area contributed by atoms with Crippen LogP contribution in [0.2, 0.25) is 0 Å². The molecule has 0 aromatic heterocycles. The molecule has 0 amide bonds. The number of hydrogen-bond acceptors (Lipinski definition) is 2. The third-order valence-electron chi connectivity index (χ3n) is 3.11. The van der Waals surface area contributed by atoms with E-state index in [0.29, 0.717) is 5.92 Å². The van der Waals surface area contributed by atoms with E-state index in [1.165, 1.54) is 12.8 Å². The standard InChI is InChI=1S/C10H21NO/c1-3-8(4-2)5-10(12)6-9(11)7-10/h8-9,12H,3-7,11H2,1-2H3. The molecule has 1 aliphatic rings. The molecule has 0 aliphatic heterocycles. The largest absolute Gasteiger partial charge is 0.390 e. The van der Waals surface area contributed by atoms with Crippen molar-refractivity contribution in [3.05, 3.63) is 0 Å². The first-order chi connectivity index (χ1) is 5.59. The summed E-state index contributed by atoms with van der Waals surface area (Å²) in [5.74, 6) is 0.683. The van der Waals surface area contributed by atoms with Crippen molar-refractivity contribution in [3.63, 3.8) is 0 Å². The molecular formula is C10H21NO. The smallest absolute Gasteiger partial charge is 0.0680 e. The molecule has 0 heterocycles. The third-order valence-corrected chi connectivity index (χ3v) is 3.11. The second-order valence-corrected chi connectivity index (χ2v) is 4.28. The van der Waals surface area contributed by atoms with Crippen molar-refractivity contribution in [3.8, 4) is 0 Å². The van der Waals surface area contributed by atoms with Crippen LogP contribution in [0.1, 0.15) is 46.0 Å². The van der Waals surface area contributed by atoms with Gasteiger partial charge in [0.2, 0.25) is 0 Å². The number of hydrogen-bond donors (Lipinski definition) is 2. The first-order valence-corrected chi connectivity index (χ1v) is 5.07. The molecule has 0 spiro atoms. The van der Waals surface area contributed by atoms with Gasteiger partial charge in [-0.25, -0.2) is 0 Å². The molecule has 0 aromatic rings. The van der Waals surface area contributed by atoms with Gasteiger partial charge in [0.05, 0.1) is 5.60 Å². The normalized spacial score (nSPS) is 35.2. The van der Waals surface area contributed by atoms with Crippen LogP contribution >= 0.6 is 0 Å². The first-order valence-electron chi connectivity index (χ1n) is 5.07. The zero-order chi connectivity index (χ0) is 9.19. The van der Waals surface area contributed by atoms with Crippen molar-refractivity contribution in [1.29, 1.82) is 0 Å². The van der Waals surface area contributed by atoms with Crippen molar-refractivity contribution in [2.45, 2.75) is 57.6 Å². The van der Waals surface area contributed by atoms with Crippen LogP contribution in [-0.4, -0.2) is 16.7 Å². The molecule has 1 aliphatic carbocycles. The van der Waals surface area contributed by atoms with Crippen LogP contribution in [-0.2, 0) is 0 Å². The maximum absolute atomic E-state index is 9.93. The molecule has 1 rings (SSSR count). The molecule has 0 bridgehead atoms. The zero-order valence-corrected chi connectivity index (χ0v) is 8.21. The zero-order valence-electron chi connectivity index (χ0n) is 8.21. The lowest BCUT2D eigenvalue weighted by molar-refractivity contribution is -0.0653. The molecule has 0 radical (unpaired) electrons. The predicted octanol–water partition coefficient (Wildman–Crippen LogP) is 1.66. The summed E-state index contributed by atoms with van der Waals surface area (Å²) in [7, 11) is 0. The van der Waals surface area contributed by atoms with Gasteiger partial charge in [-0.2, -0.15) is 0 Å². The molecule has 0 atom stereocenters. The average Bonchev–Trinajstić information content (AvgIpc) is 1.98. The molecule has 3 N–H and O–H groups in total. The van der Waals surface area contributed by atoms with Crippen molar-refractivity contribution in [2.75, 3.05) is 0 Å². The van der Waals surface area contributed by atoms with E-state index in [1.54, 1.807) is 0 Å². The lowest BCUT2D eigenvalue weighted by atomic mass is 9.70. The van der Waals surface area contributed by atoms with Crippen LogP contribution in [0.15, 0.2) is 0 Å². The average molecular weight is 171 g/mol. The van der Waals surface area contributed by atoms with Gasteiger partial charge in [-0.1, -0.05) is 26.7 Å². The highest BCUT2D eigenvalue weighted by molar-refractivity contribution is 4.97. The summed E-state index contributed by atoms with van der Waals surface area (Å²) < 4.78 is 0. The highest BCUT2D eigenvalue weighted by atomic mass is 16.3. The fourth-order valence-corrected chi connectivity index (χ4v) is 2.20. The van der Waals surface area contributed by atoms with E-state index < -0.39 is 5.60 Å². The van der Waals surface area contributed by atoms with Gasteiger partial charge in [0.25, 0.3) is 0 Å². The quantitative estimate of drug-likeness (QED) is 0.676. The van der Waals surface area contributed by atoms with Crippen LogP contribution in [0.5, 0.6) is 0 Å². The first kappa shape index (κ1) is 10.0. The number of nitrogens with two attached hydrogens (primary N) is 1. The summed E-state index contributed by atoms with van der Waals surface area (Å²) in [6.07, 6.45) is 4.92. The molecule has 1 fully saturated rings. The fraction of sp³-hybridized carbons (Fsp3) is 1.00. The summed E-state index contributed by atoms with van der Waals surface area (Å²) in [5, 5.41) is 9.93. The van der Waals surface area contributed by atoms with E-state index in [2.05, 4.69) is 13.8 Å². The minimum Gasteiger partial charge on any atom is -0.390 e. The molecule has 0 unspecified atom stereocenters. The maximum atomic E-state index is 9.93. The van der Waals surface area contributed by atoms with Crippen molar-refractivity contribution >= 4 is 0 Å². The van der Waals surface area contributed by atoms with Crippen molar-refractivity contribution in [1.82, 2.24) is 0 Å². The Kier molecular flexibility index (Phi) is 3.13. The Bertz CT molecular complexity index is 137. The fourth-order valence-electron chi connectivity index (χ4n) is 2.20. The summed E-state index contributed by atoms with van der Waals surface area (Å²) in [5.41, 5.74) is 5.25. The highest BCUT2D eigenvalue weighted by Crippen LogP contribution is 2.37. The Morgan fingerprint density at radius 1 is 1.42 bits per heavy atom. The van der Waals surface area contributed by atoms with Crippen molar-refractivity contribution in [2.24, 2.45) is 11.7 Å². The van der Waals surface area contributed by atoms with E-state index in [0.717, 1.165) is 19.3 Å². The van der Waals surface area contributed by atoms with E-state index >= 15 is 0 Å². The SMILES string of the molecule is CCC(CC)CC1(O)CC(N)C1. The van der Waals surface area contributed by atoms with Crippen molar-refractivity contribution < 1.29 is 5.11 Å². The second kappa shape index (κ2) is 3.75. The summed E-state index contributed by atoms with van der Waals surface area (Å²) in [6.45, 7) is 4.38. The van der Waals surface area contributed by atoms with Crippen LogP contribution < -0.4 is 5.73 Å². The van der Waals surface area contributed by atoms with Gasteiger partial charge >= 0.3 is 0 Å². The van der Waals surface area contributed by atoms with Gasteiger partial charge in [0, 0.05) is 6.04 Å². The molecule has 2 heteroatoms. The van der Waals surface area contributed by atoms with E-state index in [1.807, 2.05) is 0 Å². The summed E-state index contributed by atoms with van der Waals surface area (Å²) in [4.78, 5) is 0. The Balaban J connectivity index is 2.30. The van der Waals surface area contributed by atoms with Crippen LogP contribution in [0, 0.1) is 5.92 Å². The molecule has 2 nitrogen and oxygen atoms in total. The van der Waals surface area contributed by atoms with Gasteiger partial charge in [-0.05, 0) is 25.2 Å². The van der Waals surface area contributed by atoms with E-state index in [-0.39, 0.29) is 6.04 Å². The highest BCUT2D eigenvalue weighted by Gasteiger charge is 2.41. The topological polar surface area (TPSA) is 46.2 Å². The summed E-state index contributed by atoms with van der Waals surface area (Å²) >= 11 is 0. The monoisotopic (exact) mass is 171 g/mol. The lowest BCUT2D eigenvalue weighted by Crippen LogP contribution is -2.52. The van der Waals surface area contributed by atoms with Gasteiger partial charge < -0.3 is 10.8 Å². The molecule has 0 aromatic carbocycles. The summed E-state index contributed by atoms with van der Waals surface area (Å²) in [6, 6.07) is 0.254. The molecule has 72 valence electrons. The second-order valence-electron chi connectivity index (χ2n) is 4.28. The Morgan fingerprint density at radius 3 is 2.25 bits per heavy atom. The number of aliphatic hydroxyl groups is 1. The van der Waals surface area contributed by atoms with E-state index in [4.69, 9.17) is 5.73 Å². The maximum Gasteiger partial charge on any atom is 0.0680 e. The predicted molar refractivity (Wildman–Crippen MR) is 50.8 cm³/mol. The number of rotatable bonds is 4. The Labute approximate surface area is 75.2 Å². The molecular weight excluding hydrogens is 150 g/mol. The minimum absolute atomic E-state index is 0.254. The van der Waals surface area contributed by atoms with Gasteiger partial charge in [-0.3, -0.25) is 0 Å². The van der Waals surface area contributed by atoms with Crippen LogP contribution in [0.25, 0.3) is 0 Å². The van der Waals surface area contributed by atoms with E-state index in [9.17, 15) is 5.11 Å². The van der Waals surface area contributed by atoms with Gasteiger partial charge in [0.15, 0.2) is 0 Å². The lowest BCUT2D eigenvalue weighted by Gasteiger charge is -2.43. The molecule has 0 saturated heterocycles. The molecule has 12 heavy (non-hydrogen) atoms. The van der Waals surface area contributed by atoms with Crippen LogP contribution in [0.4, 0.5) is 0 Å². The van der Waals surface area contributed by atoms with Gasteiger partial charge in [0.1, 0.15) is 0 Å². The van der Waals surface area contributed by atoms with Gasteiger partial charge in [-0.15, -0.1) is 0 Å². The third kappa shape index (κ3) is 2.20. The van der Waals surface area contributed by atoms with Crippen LogP contribution in [0.3, 0.4) is 0 Å². The Morgan fingerprint density at radius 2 is 1.92 bits per heavy atom. The minimum atomic E-state index is -0.407.